The number of nitrogens with one attached hydrogen (secondary N) is 1. The zero-order chi connectivity index (χ0) is 21.3. The molecule has 28 heavy (non-hydrogen) atoms. The third-order valence-corrected chi connectivity index (χ3v) is 3.35. The van der Waals surface area contributed by atoms with Crippen molar-refractivity contribution in [2.75, 3.05) is 5.32 Å². The molecule has 0 aliphatic carbocycles. The summed E-state index contributed by atoms with van der Waals surface area (Å²) in [4.78, 5) is 23.9. The van der Waals surface area contributed by atoms with Crippen molar-refractivity contribution >= 4 is 17.8 Å². The average molecular weight is 410 g/mol. The van der Waals surface area contributed by atoms with Gasteiger partial charge in [-0.3, -0.25) is 10.1 Å². The van der Waals surface area contributed by atoms with E-state index in [1.54, 1.807) is 6.92 Å². The van der Waals surface area contributed by atoms with Crippen LogP contribution in [0.25, 0.3) is 0 Å². The standard InChI is InChI=1S/C16H12F6N2O4/c1-7-3-12(28-24-7)23-13(25)8(2)27-14(26)9-4-10(15(17,18)19)6-11(5-9)16(20,21)22/h3-6,8H,1-2H3,(H,23,25). The van der Waals surface area contributed by atoms with E-state index < -0.39 is 47.0 Å². The fourth-order valence-corrected chi connectivity index (χ4v) is 2.00. The zero-order valence-corrected chi connectivity index (χ0v) is 14.2. The van der Waals surface area contributed by atoms with Crippen molar-refractivity contribution in [3.8, 4) is 0 Å². The van der Waals surface area contributed by atoms with E-state index in [0.717, 1.165) is 6.92 Å². The quantitative estimate of drug-likeness (QED) is 0.604. The van der Waals surface area contributed by atoms with Gasteiger partial charge in [0.05, 0.1) is 22.4 Å². The highest BCUT2D eigenvalue weighted by atomic mass is 19.4. The van der Waals surface area contributed by atoms with Crippen LogP contribution in [0.2, 0.25) is 0 Å². The van der Waals surface area contributed by atoms with E-state index in [0.29, 0.717) is 5.69 Å². The van der Waals surface area contributed by atoms with E-state index in [9.17, 15) is 35.9 Å². The minimum atomic E-state index is -5.12. The van der Waals surface area contributed by atoms with E-state index in [2.05, 4.69) is 15.2 Å². The number of esters is 1. The second-order valence-electron chi connectivity index (χ2n) is 5.66. The molecule has 0 fully saturated rings. The van der Waals surface area contributed by atoms with E-state index >= 15 is 0 Å². The van der Waals surface area contributed by atoms with Crippen LogP contribution in [0.1, 0.15) is 34.1 Å². The highest BCUT2D eigenvalue weighted by molar-refractivity contribution is 5.96. The van der Waals surface area contributed by atoms with Crippen molar-refractivity contribution in [3.63, 3.8) is 0 Å². The van der Waals surface area contributed by atoms with Crippen molar-refractivity contribution in [1.29, 1.82) is 0 Å². The third-order valence-electron chi connectivity index (χ3n) is 3.35. The Morgan fingerprint density at radius 3 is 2.00 bits per heavy atom. The lowest BCUT2D eigenvalue weighted by molar-refractivity contribution is -0.143. The molecule has 0 spiro atoms. The van der Waals surface area contributed by atoms with Crippen LogP contribution in [0.3, 0.4) is 0 Å². The highest BCUT2D eigenvalue weighted by Gasteiger charge is 2.38. The number of hydrogen-bond donors (Lipinski definition) is 1. The number of halogens is 6. The monoisotopic (exact) mass is 410 g/mol. The summed E-state index contributed by atoms with van der Waals surface area (Å²) in [5.41, 5.74) is -3.92. The second kappa shape index (κ2) is 7.52. The summed E-state index contributed by atoms with van der Waals surface area (Å²) in [7, 11) is 0. The molecule has 0 aliphatic rings. The predicted molar refractivity (Wildman–Crippen MR) is 81.2 cm³/mol. The van der Waals surface area contributed by atoms with Crippen molar-refractivity contribution in [3.05, 3.63) is 46.6 Å². The van der Waals surface area contributed by atoms with Crippen molar-refractivity contribution in [1.82, 2.24) is 5.16 Å². The van der Waals surface area contributed by atoms with Gasteiger partial charge in [0.2, 0.25) is 5.88 Å². The van der Waals surface area contributed by atoms with Crippen LogP contribution < -0.4 is 5.32 Å². The average Bonchev–Trinajstić information content (AvgIpc) is 2.97. The van der Waals surface area contributed by atoms with Crippen LogP contribution in [0.5, 0.6) is 0 Å². The lowest BCUT2D eigenvalue weighted by Crippen LogP contribution is -2.30. The number of benzene rings is 1. The summed E-state index contributed by atoms with van der Waals surface area (Å²) in [5, 5.41) is 5.68. The maximum absolute atomic E-state index is 12.8. The lowest BCUT2D eigenvalue weighted by Gasteiger charge is -2.15. The molecule has 6 nitrogen and oxygen atoms in total. The van der Waals surface area contributed by atoms with Crippen LogP contribution in [-0.2, 0) is 21.9 Å². The molecule has 0 aliphatic heterocycles. The Hall–Kier alpha value is -3.05. The number of carbonyl (C=O) groups excluding carboxylic acids is 2. The van der Waals surface area contributed by atoms with Gasteiger partial charge in [-0.1, -0.05) is 5.16 Å². The second-order valence-corrected chi connectivity index (χ2v) is 5.66. The minimum Gasteiger partial charge on any atom is -0.449 e. The predicted octanol–water partition coefficient (Wildman–Crippen LogP) is 4.20. The first-order valence-electron chi connectivity index (χ1n) is 7.52. The maximum atomic E-state index is 12.8. The van der Waals surface area contributed by atoms with Gasteiger partial charge in [-0.15, -0.1) is 0 Å². The topological polar surface area (TPSA) is 81.4 Å². The number of alkyl halides is 6. The largest absolute Gasteiger partial charge is 0.449 e. The van der Waals surface area contributed by atoms with Crippen LogP contribution in [0, 0.1) is 6.92 Å². The van der Waals surface area contributed by atoms with Gasteiger partial charge in [-0.25, -0.2) is 4.79 Å². The van der Waals surface area contributed by atoms with E-state index in [1.807, 2.05) is 0 Å². The SMILES string of the molecule is Cc1cc(NC(=O)C(C)OC(=O)c2cc(C(F)(F)F)cc(C(F)(F)F)c2)on1. The Balaban J connectivity index is 2.21. The minimum absolute atomic E-state index is 0.0798. The summed E-state index contributed by atoms with van der Waals surface area (Å²) in [6, 6.07) is 1.64. The molecule has 1 N–H and O–H groups in total. The number of aromatic nitrogens is 1. The smallest absolute Gasteiger partial charge is 0.416 e. The Bertz CT molecular complexity index is 856. The van der Waals surface area contributed by atoms with Crippen LogP contribution in [0.15, 0.2) is 28.8 Å². The van der Waals surface area contributed by atoms with Gasteiger partial charge in [0.25, 0.3) is 5.91 Å². The third kappa shape index (κ3) is 5.24. The molecular formula is C16H12F6N2O4. The molecule has 152 valence electrons. The molecule has 1 unspecified atom stereocenters. The summed E-state index contributed by atoms with van der Waals surface area (Å²) >= 11 is 0. The number of rotatable bonds is 4. The van der Waals surface area contributed by atoms with Crippen LogP contribution in [-0.4, -0.2) is 23.1 Å². The molecule has 2 aromatic rings. The zero-order valence-electron chi connectivity index (χ0n) is 14.2. The molecule has 2 rings (SSSR count). The summed E-state index contributed by atoms with van der Waals surface area (Å²) in [6.45, 7) is 2.64. The van der Waals surface area contributed by atoms with Gasteiger partial charge in [0.15, 0.2) is 6.10 Å². The molecular weight excluding hydrogens is 398 g/mol. The molecule has 0 saturated heterocycles. The normalized spacial score (nSPS) is 13.1. The Labute approximate surface area is 153 Å². The molecule has 0 saturated carbocycles. The molecule has 1 amide bonds. The molecule has 12 heteroatoms. The number of carbonyl (C=O) groups is 2. The summed E-state index contributed by atoms with van der Waals surface area (Å²) in [6.07, 6.45) is -11.8. The number of hydrogen-bond acceptors (Lipinski definition) is 5. The first-order chi connectivity index (χ1) is 12.8. The first kappa shape index (κ1) is 21.3. The number of aryl methyl sites for hydroxylation is 1. The number of ether oxygens (including phenoxy) is 1. The van der Waals surface area contributed by atoms with Crippen LogP contribution >= 0.6 is 0 Å². The van der Waals surface area contributed by atoms with Gasteiger partial charge >= 0.3 is 18.3 Å². The van der Waals surface area contributed by atoms with Crippen molar-refractivity contribution in [2.24, 2.45) is 0 Å². The number of anilines is 1. The number of nitrogens with zero attached hydrogens (tertiary/aromatic N) is 1. The Kier molecular flexibility index (Phi) is 5.71. The molecule has 1 heterocycles. The maximum Gasteiger partial charge on any atom is 0.416 e. The van der Waals surface area contributed by atoms with Gasteiger partial charge in [-0.05, 0) is 32.0 Å². The van der Waals surface area contributed by atoms with Crippen molar-refractivity contribution in [2.45, 2.75) is 32.3 Å². The van der Waals surface area contributed by atoms with E-state index in [1.165, 1.54) is 6.07 Å². The van der Waals surface area contributed by atoms with Gasteiger partial charge in [0.1, 0.15) is 0 Å². The van der Waals surface area contributed by atoms with Crippen LogP contribution in [0.4, 0.5) is 32.2 Å². The lowest BCUT2D eigenvalue weighted by atomic mass is 10.0. The fraction of sp³-hybridized carbons (Fsp3) is 0.312. The Morgan fingerprint density at radius 2 is 1.57 bits per heavy atom. The first-order valence-corrected chi connectivity index (χ1v) is 7.52. The Morgan fingerprint density at radius 1 is 1.04 bits per heavy atom. The summed E-state index contributed by atoms with van der Waals surface area (Å²) in [5.74, 6) is -2.54. The molecule has 0 radical (unpaired) electrons. The fourth-order valence-electron chi connectivity index (χ4n) is 2.00. The van der Waals surface area contributed by atoms with Crippen molar-refractivity contribution < 1.29 is 45.2 Å². The molecule has 1 atom stereocenters. The molecule has 1 aromatic heterocycles. The van der Waals surface area contributed by atoms with E-state index in [-0.39, 0.29) is 24.1 Å². The molecule has 1 aromatic carbocycles. The van der Waals surface area contributed by atoms with Gasteiger partial charge < -0.3 is 9.26 Å². The van der Waals surface area contributed by atoms with E-state index in [4.69, 9.17) is 4.52 Å². The highest BCUT2D eigenvalue weighted by Crippen LogP contribution is 2.36. The van der Waals surface area contributed by atoms with Gasteiger partial charge in [-0.2, -0.15) is 26.3 Å². The molecule has 0 bridgehead atoms. The summed E-state index contributed by atoms with van der Waals surface area (Å²) < 4.78 is 86.4. The number of amides is 1. The van der Waals surface area contributed by atoms with Gasteiger partial charge in [0, 0.05) is 6.07 Å².